The second kappa shape index (κ2) is 23.6. The number of aliphatic imine (C=N–C) groups is 2. The fourth-order valence-corrected chi connectivity index (χ4v) is 6.55. The number of carbonyl (C=O) groups is 4. The highest BCUT2D eigenvalue weighted by atomic mass is 16.3. The van der Waals surface area contributed by atoms with Crippen LogP contribution in [0.1, 0.15) is 55.3 Å². The summed E-state index contributed by atoms with van der Waals surface area (Å²) in [5.74, 6) is -2.58. The van der Waals surface area contributed by atoms with Crippen molar-refractivity contribution < 1.29 is 29.4 Å². The minimum absolute atomic E-state index is 0.00616. The zero-order valence-corrected chi connectivity index (χ0v) is 33.6. The lowest BCUT2D eigenvalue weighted by Gasteiger charge is -2.26. The lowest BCUT2D eigenvalue weighted by molar-refractivity contribution is -0.133. The van der Waals surface area contributed by atoms with E-state index in [-0.39, 0.29) is 62.1 Å². The van der Waals surface area contributed by atoms with E-state index in [9.17, 15) is 29.4 Å². The molecule has 0 aliphatic heterocycles. The van der Waals surface area contributed by atoms with E-state index in [1.54, 1.807) is 24.3 Å². The number of H-pyrrole nitrogens is 1. The molecule has 4 atom stereocenters. The number of guanidine groups is 2. The summed E-state index contributed by atoms with van der Waals surface area (Å²) in [7, 11) is 0. The number of phenols is 2. The number of rotatable bonds is 25. The molecule has 0 saturated carbocycles. The number of hydrogen-bond donors (Lipinski definition) is 12. The van der Waals surface area contributed by atoms with Crippen molar-refractivity contribution in [2.45, 2.75) is 82.0 Å². The van der Waals surface area contributed by atoms with Gasteiger partial charge in [0.25, 0.3) is 0 Å². The third kappa shape index (κ3) is 15.8. The van der Waals surface area contributed by atoms with Crippen LogP contribution in [0.4, 0.5) is 0 Å². The number of nitrogens with one attached hydrogen (secondary N) is 5. The molecule has 0 unspecified atom stereocenters. The van der Waals surface area contributed by atoms with Gasteiger partial charge in [0, 0.05) is 37.1 Å². The minimum atomic E-state index is -1.19. The monoisotopic (exact) mass is 826 g/mol. The molecular weight excluding hydrogens is 769 g/mol. The Balaban J connectivity index is 1.54. The van der Waals surface area contributed by atoms with Crippen molar-refractivity contribution in [2.24, 2.45) is 38.7 Å². The number of carbonyl (C=O) groups excluding carboxylic acids is 4. The van der Waals surface area contributed by atoms with Crippen LogP contribution in [0.15, 0.2) is 88.8 Å². The van der Waals surface area contributed by atoms with Crippen LogP contribution in [0.2, 0.25) is 0 Å². The average Bonchev–Trinajstić information content (AvgIpc) is 3.62. The van der Waals surface area contributed by atoms with Gasteiger partial charge in [-0.2, -0.15) is 0 Å². The number of aromatic amines is 1. The molecule has 1 heterocycles. The minimum Gasteiger partial charge on any atom is -0.508 e. The van der Waals surface area contributed by atoms with Crippen LogP contribution >= 0.6 is 0 Å². The highest BCUT2D eigenvalue weighted by Crippen LogP contribution is 2.17. The van der Waals surface area contributed by atoms with Gasteiger partial charge in [-0.05, 0) is 91.6 Å². The van der Waals surface area contributed by atoms with E-state index in [4.69, 9.17) is 28.7 Å². The molecule has 4 amide bonds. The number of phenolic OH excluding ortho intramolecular Hbond substituents is 2. The zero-order valence-electron chi connectivity index (χ0n) is 33.6. The van der Waals surface area contributed by atoms with Crippen LogP contribution < -0.4 is 49.9 Å². The molecule has 322 valence electrons. The van der Waals surface area contributed by atoms with E-state index in [1.807, 2.05) is 30.3 Å². The highest BCUT2D eigenvalue weighted by molar-refractivity contribution is 5.95. The molecule has 0 saturated heterocycles. The number of fused-ring (bicyclic) bond motifs is 1. The van der Waals surface area contributed by atoms with Gasteiger partial charge in [0.1, 0.15) is 29.6 Å². The third-order valence-electron chi connectivity index (χ3n) is 9.72. The van der Waals surface area contributed by atoms with E-state index in [2.05, 4.69) is 36.2 Å². The second-order valence-electron chi connectivity index (χ2n) is 14.6. The molecular formula is C42H58N12O6. The van der Waals surface area contributed by atoms with Crippen LogP contribution in [0.5, 0.6) is 11.5 Å². The molecule has 17 N–H and O–H groups in total. The van der Waals surface area contributed by atoms with E-state index in [0.717, 1.165) is 42.1 Å². The van der Waals surface area contributed by atoms with Crippen LogP contribution in [-0.4, -0.2) is 94.5 Å². The lowest BCUT2D eigenvalue weighted by Crippen LogP contribution is -2.58. The smallest absolute Gasteiger partial charge is 0.243 e. The van der Waals surface area contributed by atoms with Crippen molar-refractivity contribution in [1.29, 1.82) is 0 Å². The van der Waals surface area contributed by atoms with Crippen LogP contribution in [0.3, 0.4) is 0 Å². The van der Waals surface area contributed by atoms with E-state index in [0.29, 0.717) is 24.3 Å². The Bertz CT molecular complexity index is 2030. The van der Waals surface area contributed by atoms with Crippen molar-refractivity contribution in [3.05, 3.63) is 95.7 Å². The van der Waals surface area contributed by atoms with Gasteiger partial charge in [-0.15, -0.1) is 0 Å². The number of nitrogens with zero attached hydrogens (tertiary/aromatic N) is 2. The molecule has 0 radical (unpaired) electrons. The summed E-state index contributed by atoms with van der Waals surface area (Å²) < 4.78 is 0. The summed E-state index contributed by atoms with van der Waals surface area (Å²) in [5.41, 5.74) is 30.5. The number of aromatic nitrogens is 1. The Morgan fingerprint density at radius 2 is 1.10 bits per heavy atom. The SMILES string of the molecule is NC(=O)[C@H](Cc1cc2ccccc2[nH]1)NC(=O)[C@H](CCCN=C(N)N)NC(=O)[C@H](Cc1ccc(O)cc1)NC(=O)[C@H](Cc1ccc(O)cc1)NCCCCCCN=C(N)N. The number of primary amides is 1. The molecule has 0 bridgehead atoms. The maximum absolute atomic E-state index is 14.3. The fourth-order valence-electron chi connectivity index (χ4n) is 6.55. The second-order valence-corrected chi connectivity index (χ2v) is 14.6. The molecule has 4 rings (SSSR count). The van der Waals surface area contributed by atoms with E-state index >= 15 is 0 Å². The van der Waals surface area contributed by atoms with Crippen LogP contribution in [0, 0.1) is 0 Å². The quantitative estimate of drug-likeness (QED) is 0.0246. The molecule has 18 nitrogen and oxygen atoms in total. The molecule has 3 aromatic carbocycles. The largest absolute Gasteiger partial charge is 0.508 e. The van der Waals surface area contributed by atoms with E-state index < -0.39 is 47.8 Å². The molecule has 60 heavy (non-hydrogen) atoms. The Hall–Kier alpha value is -6.82. The van der Waals surface area contributed by atoms with E-state index in [1.165, 1.54) is 24.3 Å². The van der Waals surface area contributed by atoms with Gasteiger partial charge in [-0.25, -0.2) is 0 Å². The number of para-hydroxylation sites is 1. The van der Waals surface area contributed by atoms with Crippen molar-refractivity contribution in [3.8, 4) is 11.5 Å². The Labute approximate surface area is 348 Å². The number of aromatic hydroxyl groups is 2. The normalized spacial score (nSPS) is 13.0. The van der Waals surface area contributed by atoms with Gasteiger partial charge >= 0.3 is 0 Å². The Kier molecular flexibility index (Phi) is 18.0. The lowest BCUT2D eigenvalue weighted by atomic mass is 10.0. The summed E-state index contributed by atoms with van der Waals surface area (Å²) in [5, 5.41) is 32.4. The molecule has 0 aliphatic rings. The van der Waals surface area contributed by atoms with Gasteiger partial charge in [0.05, 0.1) is 6.04 Å². The number of benzene rings is 3. The van der Waals surface area contributed by atoms with Gasteiger partial charge in [0.15, 0.2) is 11.9 Å². The maximum Gasteiger partial charge on any atom is 0.243 e. The van der Waals surface area contributed by atoms with Gasteiger partial charge < -0.3 is 65.1 Å². The predicted octanol–water partition coefficient (Wildman–Crippen LogP) is 0.392. The number of amides is 4. The molecule has 4 aromatic rings. The number of hydrogen-bond acceptors (Lipinski definition) is 9. The molecule has 18 heteroatoms. The number of unbranched alkanes of at least 4 members (excludes halogenated alkanes) is 3. The van der Waals surface area contributed by atoms with Crippen molar-refractivity contribution >= 4 is 46.5 Å². The topological polar surface area (TPSA) is 327 Å². The fraction of sp³-hybridized carbons (Fsp3) is 0.381. The van der Waals surface area contributed by atoms with Crippen LogP contribution in [0.25, 0.3) is 10.9 Å². The predicted molar refractivity (Wildman–Crippen MR) is 231 cm³/mol. The maximum atomic E-state index is 14.3. The highest BCUT2D eigenvalue weighted by Gasteiger charge is 2.31. The Morgan fingerprint density at radius 1 is 0.583 bits per heavy atom. The summed E-state index contributed by atoms with van der Waals surface area (Å²) in [6, 6.07) is 17.8. The average molecular weight is 827 g/mol. The standard InChI is InChI=1S/C42H58N12O6/c43-37(57)34(25-29-24-28-8-3-4-9-32(28)51-29)53-38(58)33(10-7-21-50-42(46)47)52-40(60)36(23-27-13-17-31(56)18-14-27)54-39(59)35(22-26-11-15-30(55)16-12-26)48-19-5-1-2-6-20-49-41(44)45/h3-4,8-9,11-18,24,33-36,48,51,55-56H,1-2,5-7,10,19-23,25H2,(H2,43,57)(H,52,60)(H,53,58)(H,54,59)(H4,44,45,49)(H4,46,47,50)/t33-,34-,35-,36-/m0/s1. The zero-order chi connectivity index (χ0) is 43.4. The molecule has 0 aliphatic carbocycles. The van der Waals surface area contributed by atoms with Gasteiger partial charge in [-0.1, -0.05) is 55.3 Å². The summed E-state index contributed by atoms with van der Waals surface area (Å²) in [6.07, 6.45) is 3.97. The van der Waals surface area contributed by atoms with Crippen molar-refractivity contribution in [2.75, 3.05) is 19.6 Å². The third-order valence-corrected chi connectivity index (χ3v) is 9.72. The first-order valence-corrected chi connectivity index (χ1v) is 19.9. The first-order chi connectivity index (χ1) is 28.8. The first-order valence-electron chi connectivity index (χ1n) is 19.9. The first kappa shape index (κ1) is 45.9. The van der Waals surface area contributed by atoms with Gasteiger partial charge in [-0.3, -0.25) is 29.2 Å². The molecule has 1 aromatic heterocycles. The summed E-state index contributed by atoms with van der Waals surface area (Å²) in [4.78, 5) is 66.2. The summed E-state index contributed by atoms with van der Waals surface area (Å²) in [6.45, 7) is 1.18. The molecule has 0 spiro atoms. The van der Waals surface area contributed by atoms with Crippen molar-refractivity contribution in [1.82, 2.24) is 26.3 Å². The summed E-state index contributed by atoms with van der Waals surface area (Å²) >= 11 is 0. The van der Waals surface area contributed by atoms with Crippen molar-refractivity contribution in [3.63, 3.8) is 0 Å². The Morgan fingerprint density at radius 3 is 1.70 bits per heavy atom. The van der Waals surface area contributed by atoms with Gasteiger partial charge in [0.2, 0.25) is 23.6 Å². The number of nitrogens with two attached hydrogens (primary N) is 5. The van der Waals surface area contributed by atoms with Crippen LogP contribution in [-0.2, 0) is 38.4 Å². The molecule has 0 fully saturated rings.